The van der Waals surface area contributed by atoms with Gasteiger partial charge in [-0.25, -0.2) is 0 Å². The number of nitro benzene ring substituents is 1. The van der Waals surface area contributed by atoms with Crippen molar-refractivity contribution >= 4 is 17.3 Å². The van der Waals surface area contributed by atoms with Crippen molar-refractivity contribution in [1.29, 1.82) is 0 Å². The van der Waals surface area contributed by atoms with Crippen LogP contribution in [-0.2, 0) is 0 Å². The number of hydrogen-bond acceptors (Lipinski definition) is 5. The number of rotatable bonds is 5. The largest absolute Gasteiger partial charge is 0.448 e. The van der Waals surface area contributed by atoms with Crippen LogP contribution in [0, 0.1) is 10.1 Å². The first-order valence-corrected chi connectivity index (χ1v) is 6.72. The molecule has 1 atom stereocenters. The molecule has 2 rings (SSSR count). The van der Waals surface area contributed by atoms with E-state index in [4.69, 9.17) is 22.1 Å². The fraction of sp³-hybridized carbons (Fsp3) is 0.214. The predicted molar refractivity (Wildman–Crippen MR) is 79.6 cm³/mol. The van der Waals surface area contributed by atoms with E-state index >= 15 is 0 Å². The molecule has 1 aromatic heterocycles. The topological polar surface area (TPSA) is 91.3 Å². The van der Waals surface area contributed by atoms with Gasteiger partial charge in [-0.3, -0.25) is 15.1 Å². The summed E-state index contributed by atoms with van der Waals surface area (Å²) in [6.45, 7) is 1.96. The molecule has 0 bridgehead atoms. The van der Waals surface area contributed by atoms with Crippen molar-refractivity contribution in [2.45, 2.75) is 19.4 Å². The maximum atomic E-state index is 11.0. The highest BCUT2D eigenvalue weighted by Gasteiger charge is 2.16. The van der Waals surface area contributed by atoms with Crippen LogP contribution in [0.15, 0.2) is 36.5 Å². The molecule has 0 fully saturated rings. The van der Waals surface area contributed by atoms with Crippen molar-refractivity contribution in [3.05, 3.63) is 57.4 Å². The number of hydrogen-bond donors (Lipinski definition) is 1. The molecule has 0 amide bonds. The van der Waals surface area contributed by atoms with Crippen molar-refractivity contribution in [1.82, 2.24) is 4.98 Å². The van der Waals surface area contributed by atoms with Gasteiger partial charge in [0.05, 0.1) is 16.8 Å². The quantitative estimate of drug-likeness (QED) is 0.669. The molecule has 1 aromatic carbocycles. The Morgan fingerprint density at radius 3 is 2.76 bits per heavy atom. The monoisotopic (exact) mass is 307 g/mol. The lowest BCUT2D eigenvalue weighted by Gasteiger charge is -2.10. The van der Waals surface area contributed by atoms with Gasteiger partial charge in [0.15, 0.2) is 0 Å². The lowest BCUT2D eigenvalue weighted by molar-refractivity contribution is -0.385. The number of nitrogens with two attached hydrogens (primary N) is 1. The highest BCUT2D eigenvalue weighted by atomic mass is 35.5. The lowest BCUT2D eigenvalue weighted by Crippen LogP contribution is -2.10. The number of nitrogens with zero attached hydrogens (tertiary/aromatic N) is 2. The fourth-order valence-corrected chi connectivity index (χ4v) is 1.89. The fourth-order valence-electron chi connectivity index (χ4n) is 1.73. The van der Waals surface area contributed by atoms with Gasteiger partial charge >= 0.3 is 5.69 Å². The molecule has 1 heterocycles. The van der Waals surface area contributed by atoms with Gasteiger partial charge in [-0.2, -0.15) is 0 Å². The summed E-state index contributed by atoms with van der Waals surface area (Å²) in [6, 6.07) is 7.40. The van der Waals surface area contributed by atoms with Gasteiger partial charge in [0.1, 0.15) is 5.75 Å². The first-order chi connectivity index (χ1) is 10.0. The number of pyridine rings is 1. The smallest absolute Gasteiger partial charge is 0.311 e. The van der Waals surface area contributed by atoms with Crippen molar-refractivity contribution in [3.8, 4) is 11.5 Å². The Bertz CT molecular complexity index is 646. The third-order valence-corrected chi connectivity index (χ3v) is 3.16. The molecule has 110 valence electrons. The van der Waals surface area contributed by atoms with Crippen molar-refractivity contribution in [3.63, 3.8) is 0 Å². The molecule has 0 unspecified atom stereocenters. The summed E-state index contributed by atoms with van der Waals surface area (Å²) in [7, 11) is 0. The molecular formula is C14H14ClN3O3. The summed E-state index contributed by atoms with van der Waals surface area (Å²) < 4.78 is 5.49. The minimum Gasteiger partial charge on any atom is -0.448 e. The molecule has 0 aliphatic rings. The van der Waals surface area contributed by atoms with Gasteiger partial charge in [-0.05, 0) is 24.6 Å². The number of aromatic nitrogens is 1. The van der Waals surface area contributed by atoms with Gasteiger partial charge in [-0.15, -0.1) is 0 Å². The molecule has 0 saturated carbocycles. The average molecular weight is 308 g/mol. The Morgan fingerprint density at radius 2 is 2.19 bits per heavy atom. The minimum atomic E-state index is -0.527. The molecule has 0 saturated heterocycles. The van der Waals surface area contributed by atoms with Crippen molar-refractivity contribution < 1.29 is 9.66 Å². The number of nitro groups is 1. The third-order valence-electron chi connectivity index (χ3n) is 2.93. The second-order valence-corrected chi connectivity index (χ2v) is 4.84. The van der Waals surface area contributed by atoms with Crippen LogP contribution in [0.2, 0.25) is 5.02 Å². The maximum absolute atomic E-state index is 11.0. The molecule has 0 aliphatic heterocycles. The molecule has 0 radical (unpaired) electrons. The van der Waals surface area contributed by atoms with Crippen LogP contribution in [0.1, 0.15) is 25.1 Å². The summed E-state index contributed by atoms with van der Waals surface area (Å²) in [5.74, 6) is 0.453. The number of halogens is 1. The summed E-state index contributed by atoms with van der Waals surface area (Å²) in [6.07, 6.45) is 2.25. The number of benzene rings is 1. The molecule has 0 spiro atoms. The van der Waals surface area contributed by atoms with E-state index in [1.807, 2.05) is 6.92 Å². The van der Waals surface area contributed by atoms with E-state index in [0.717, 1.165) is 12.1 Å². The summed E-state index contributed by atoms with van der Waals surface area (Å²) in [5.41, 5.74) is 6.45. The molecular weight excluding hydrogens is 294 g/mol. The SMILES string of the molecule is CC[C@@H](N)c1ccc(Oc2cc(Cl)ccc2[N+](=O)[O-])cn1. The Hall–Kier alpha value is -2.18. The Labute approximate surface area is 126 Å². The molecule has 21 heavy (non-hydrogen) atoms. The van der Waals surface area contributed by atoms with Gasteiger partial charge in [-0.1, -0.05) is 18.5 Å². The standard InChI is InChI=1S/C14H14ClN3O3/c1-2-11(16)12-5-4-10(8-17-12)21-14-7-9(15)3-6-13(14)18(19)20/h3-8,11H,2,16H2,1H3/t11-/m1/s1. The van der Waals surface area contributed by atoms with Gasteiger partial charge in [0.2, 0.25) is 5.75 Å². The van der Waals surface area contributed by atoms with Crippen molar-refractivity contribution in [2.75, 3.05) is 0 Å². The van der Waals surface area contributed by atoms with Crippen LogP contribution in [0.5, 0.6) is 11.5 Å². The van der Waals surface area contributed by atoms with Crippen LogP contribution in [0.4, 0.5) is 5.69 Å². The Balaban J connectivity index is 2.26. The average Bonchev–Trinajstić information content (AvgIpc) is 2.47. The van der Waals surface area contributed by atoms with Crippen LogP contribution in [0.25, 0.3) is 0 Å². The molecule has 6 nitrogen and oxygen atoms in total. The normalized spacial score (nSPS) is 12.0. The number of ether oxygens (including phenoxy) is 1. The summed E-state index contributed by atoms with van der Waals surface area (Å²) in [4.78, 5) is 14.6. The predicted octanol–water partition coefficient (Wildman–Crippen LogP) is 3.85. The Kier molecular flexibility index (Phi) is 4.72. The van der Waals surface area contributed by atoms with E-state index < -0.39 is 4.92 Å². The molecule has 7 heteroatoms. The molecule has 2 aromatic rings. The van der Waals surface area contributed by atoms with Gasteiger partial charge < -0.3 is 10.5 Å². The molecule has 0 aliphatic carbocycles. The van der Waals surface area contributed by atoms with E-state index in [9.17, 15) is 10.1 Å². The lowest BCUT2D eigenvalue weighted by atomic mass is 10.1. The third kappa shape index (κ3) is 3.68. The van der Waals surface area contributed by atoms with Crippen LogP contribution in [-0.4, -0.2) is 9.91 Å². The van der Waals surface area contributed by atoms with Crippen LogP contribution >= 0.6 is 11.6 Å². The Morgan fingerprint density at radius 1 is 1.43 bits per heavy atom. The first kappa shape index (κ1) is 15.2. The van der Waals surface area contributed by atoms with E-state index in [-0.39, 0.29) is 17.5 Å². The van der Waals surface area contributed by atoms with Gasteiger partial charge in [0, 0.05) is 23.2 Å². The summed E-state index contributed by atoms with van der Waals surface area (Å²) in [5, 5.41) is 11.3. The van der Waals surface area contributed by atoms with Crippen molar-refractivity contribution in [2.24, 2.45) is 5.73 Å². The van der Waals surface area contributed by atoms with Crippen LogP contribution in [0.3, 0.4) is 0 Å². The van der Waals surface area contributed by atoms with Crippen LogP contribution < -0.4 is 10.5 Å². The maximum Gasteiger partial charge on any atom is 0.311 e. The second-order valence-electron chi connectivity index (χ2n) is 4.40. The second kappa shape index (κ2) is 6.51. The van der Waals surface area contributed by atoms with E-state index in [2.05, 4.69) is 4.98 Å². The van der Waals surface area contributed by atoms with E-state index in [1.54, 1.807) is 12.1 Å². The van der Waals surface area contributed by atoms with Gasteiger partial charge in [0.25, 0.3) is 0 Å². The highest BCUT2D eigenvalue weighted by molar-refractivity contribution is 6.30. The highest BCUT2D eigenvalue weighted by Crippen LogP contribution is 2.33. The van der Waals surface area contributed by atoms with E-state index in [1.165, 1.54) is 24.4 Å². The summed E-state index contributed by atoms with van der Waals surface area (Å²) >= 11 is 5.84. The zero-order chi connectivity index (χ0) is 15.4. The minimum absolute atomic E-state index is 0.0711. The zero-order valence-electron chi connectivity index (χ0n) is 11.3. The van der Waals surface area contributed by atoms with E-state index in [0.29, 0.717) is 10.8 Å². The zero-order valence-corrected chi connectivity index (χ0v) is 12.1. The first-order valence-electron chi connectivity index (χ1n) is 6.34. The molecule has 2 N–H and O–H groups in total.